The van der Waals surface area contributed by atoms with E-state index in [2.05, 4.69) is 10.5 Å². The number of carbonyl (C=O) groups excluding carboxylic acids is 2. The van der Waals surface area contributed by atoms with E-state index in [9.17, 15) is 9.59 Å². The molecule has 5 rings (SSSR count). The van der Waals surface area contributed by atoms with Crippen LogP contribution >= 0.6 is 0 Å². The second-order valence-electron chi connectivity index (χ2n) is 8.10. The molecule has 0 saturated carbocycles. The minimum absolute atomic E-state index is 0.0174. The molecule has 1 aliphatic rings. The SMILES string of the molecule is CCc1cc(CN(C)C(=O)c2ccc(-c3ccc4c(c3)NC(=O)C4)c3ccccc23)on1. The molecule has 3 aromatic carbocycles. The monoisotopic (exact) mass is 425 g/mol. The van der Waals surface area contributed by atoms with Crippen molar-refractivity contribution in [3.8, 4) is 11.1 Å². The van der Waals surface area contributed by atoms with Gasteiger partial charge in [0.2, 0.25) is 5.91 Å². The van der Waals surface area contributed by atoms with Gasteiger partial charge in [-0.15, -0.1) is 0 Å². The first-order valence-electron chi connectivity index (χ1n) is 10.7. The van der Waals surface area contributed by atoms with Crippen LogP contribution in [0.4, 0.5) is 5.69 Å². The number of fused-ring (bicyclic) bond motifs is 2. The maximum Gasteiger partial charge on any atom is 0.254 e. The summed E-state index contributed by atoms with van der Waals surface area (Å²) in [7, 11) is 1.77. The first-order chi connectivity index (χ1) is 15.5. The molecule has 1 aromatic heterocycles. The van der Waals surface area contributed by atoms with E-state index < -0.39 is 0 Å². The highest BCUT2D eigenvalue weighted by Crippen LogP contribution is 2.35. The summed E-state index contributed by atoms with van der Waals surface area (Å²) in [5.74, 6) is 0.603. The summed E-state index contributed by atoms with van der Waals surface area (Å²) in [4.78, 5) is 26.7. The van der Waals surface area contributed by atoms with Gasteiger partial charge in [0.15, 0.2) is 5.76 Å². The smallest absolute Gasteiger partial charge is 0.254 e. The van der Waals surface area contributed by atoms with Crippen LogP contribution in [0.5, 0.6) is 0 Å². The van der Waals surface area contributed by atoms with E-state index in [1.807, 2.05) is 67.6 Å². The Morgan fingerprint density at radius 3 is 2.69 bits per heavy atom. The van der Waals surface area contributed by atoms with Crippen molar-refractivity contribution in [3.05, 3.63) is 83.2 Å². The van der Waals surface area contributed by atoms with Crippen molar-refractivity contribution in [2.75, 3.05) is 12.4 Å². The minimum atomic E-state index is -0.0802. The van der Waals surface area contributed by atoms with Crippen LogP contribution in [0.15, 0.2) is 65.2 Å². The predicted octanol–water partition coefficient (Wildman–Crippen LogP) is 4.82. The number of aromatic nitrogens is 1. The molecule has 4 aromatic rings. The molecular formula is C26H23N3O3. The topological polar surface area (TPSA) is 75.4 Å². The van der Waals surface area contributed by atoms with Crippen molar-refractivity contribution in [1.29, 1.82) is 0 Å². The highest BCUT2D eigenvalue weighted by atomic mass is 16.5. The van der Waals surface area contributed by atoms with Crippen molar-refractivity contribution in [2.45, 2.75) is 26.3 Å². The van der Waals surface area contributed by atoms with E-state index in [0.29, 0.717) is 24.3 Å². The van der Waals surface area contributed by atoms with Gasteiger partial charge in [0.25, 0.3) is 5.91 Å². The zero-order valence-corrected chi connectivity index (χ0v) is 18.0. The fraction of sp³-hybridized carbons (Fsp3) is 0.192. The molecular weight excluding hydrogens is 402 g/mol. The minimum Gasteiger partial charge on any atom is -0.359 e. The van der Waals surface area contributed by atoms with Gasteiger partial charge in [0, 0.05) is 24.4 Å². The lowest BCUT2D eigenvalue weighted by Crippen LogP contribution is -2.26. The molecule has 0 atom stereocenters. The predicted molar refractivity (Wildman–Crippen MR) is 123 cm³/mol. The van der Waals surface area contributed by atoms with Crippen molar-refractivity contribution in [1.82, 2.24) is 10.1 Å². The van der Waals surface area contributed by atoms with E-state index in [1.54, 1.807) is 11.9 Å². The van der Waals surface area contributed by atoms with Crippen LogP contribution in [0.3, 0.4) is 0 Å². The summed E-state index contributed by atoms with van der Waals surface area (Å²) < 4.78 is 5.35. The molecule has 160 valence electrons. The number of nitrogens with one attached hydrogen (secondary N) is 1. The molecule has 1 aliphatic heterocycles. The number of aryl methyl sites for hydroxylation is 1. The molecule has 0 unspecified atom stereocenters. The number of benzene rings is 3. The largest absolute Gasteiger partial charge is 0.359 e. The number of rotatable bonds is 5. The average Bonchev–Trinajstić information content (AvgIpc) is 3.42. The highest BCUT2D eigenvalue weighted by molar-refractivity contribution is 6.11. The maximum absolute atomic E-state index is 13.3. The molecule has 32 heavy (non-hydrogen) atoms. The number of hydrogen-bond acceptors (Lipinski definition) is 4. The third kappa shape index (κ3) is 3.54. The van der Waals surface area contributed by atoms with Crippen molar-refractivity contribution < 1.29 is 14.1 Å². The van der Waals surface area contributed by atoms with Crippen molar-refractivity contribution in [3.63, 3.8) is 0 Å². The molecule has 1 N–H and O–H groups in total. The second-order valence-corrected chi connectivity index (χ2v) is 8.10. The van der Waals surface area contributed by atoms with Gasteiger partial charge in [-0.05, 0) is 46.0 Å². The highest BCUT2D eigenvalue weighted by Gasteiger charge is 2.21. The molecule has 2 amide bonds. The van der Waals surface area contributed by atoms with Crippen LogP contribution in [-0.4, -0.2) is 28.9 Å². The van der Waals surface area contributed by atoms with Gasteiger partial charge in [0.1, 0.15) is 0 Å². The number of amides is 2. The zero-order chi connectivity index (χ0) is 22.2. The summed E-state index contributed by atoms with van der Waals surface area (Å²) in [6.07, 6.45) is 1.21. The van der Waals surface area contributed by atoms with E-state index in [4.69, 9.17) is 4.52 Å². The molecule has 6 nitrogen and oxygen atoms in total. The van der Waals surface area contributed by atoms with E-state index >= 15 is 0 Å². The van der Waals surface area contributed by atoms with E-state index in [1.165, 1.54) is 0 Å². The fourth-order valence-corrected chi connectivity index (χ4v) is 4.23. The van der Waals surface area contributed by atoms with Gasteiger partial charge < -0.3 is 14.7 Å². The molecule has 0 aliphatic carbocycles. The number of hydrogen-bond donors (Lipinski definition) is 1. The molecule has 0 saturated heterocycles. The van der Waals surface area contributed by atoms with Crippen LogP contribution in [-0.2, 0) is 24.2 Å². The van der Waals surface area contributed by atoms with Gasteiger partial charge in [-0.1, -0.05) is 54.5 Å². The fourth-order valence-electron chi connectivity index (χ4n) is 4.23. The lowest BCUT2D eigenvalue weighted by molar-refractivity contribution is -0.115. The van der Waals surface area contributed by atoms with Gasteiger partial charge in [0.05, 0.1) is 18.7 Å². The number of nitrogens with zero attached hydrogens (tertiary/aromatic N) is 2. The molecule has 0 bridgehead atoms. The zero-order valence-electron chi connectivity index (χ0n) is 18.0. The summed E-state index contributed by atoms with van der Waals surface area (Å²) in [5, 5.41) is 8.80. The van der Waals surface area contributed by atoms with Crippen LogP contribution in [0.25, 0.3) is 21.9 Å². The Kier molecular flexibility index (Phi) is 4.98. The lowest BCUT2D eigenvalue weighted by atomic mass is 9.93. The third-order valence-electron chi connectivity index (χ3n) is 5.91. The number of carbonyl (C=O) groups is 2. The summed E-state index contributed by atoms with van der Waals surface area (Å²) in [5.41, 5.74) is 5.40. The van der Waals surface area contributed by atoms with E-state index in [-0.39, 0.29) is 11.8 Å². The Morgan fingerprint density at radius 1 is 1.09 bits per heavy atom. The van der Waals surface area contributed by atoms with Crippen molar-refractivity contribution in [2.24, 2.45) is 0 Å². The normalized spacial score (nSPS) is 12.6. The summed E-state index contributed by atoms with van der Waals surface area (Å²) in [6.45, 7) is 2.37. The lowest BCUT2D eigenvalue weighted by Gasteiger charge is -2.18. The molecule has 0 radical (unpaired) electrons. The standard InChI is InChI=1S/C26H23N3O3/c1-3-18-14-19(32-28-18)15-29(2)26(31)23-11-10-20(21-6-4-5-7-22(21)23)16-8-9-17-13-25(30)27-24(17)12-16/h4-12,14H,3,13,15H2,1-2H3,(H,27,30). The molecule has 0 fully saturated rings. The van der Waals surface area contributed by atoms with Crippen LogP contribution in [0.2, 0.25) is 0 Å². The first-order valence-corrected chi connectivity index (χ1v) is 10.7. The Hall–Kier alpha value is -3.93. The first kappa shape index (κ1) is 20.0. The Bertz CT molecular complexity index is 1360. The van der Waals surface area contributed by atoms with E-state index in [0.717, 1.165) is 45.3 Å². The summed E-state index contributed by atoms with van der Waals surface area (Å²) >= 11 is 0. The third-order valence-corrected chi connectivity index (χ3v) is 5.91. The van der Waals surface area contributed by atoms with Crippen molar-refractivity contribution >= 4 is 28.3 Å². The maximum atomic E-state index is 13.3. The Labute approximate surface area is 185 Å². The quantitative estimate of drug-likeness (QED) is 0.497. The number of anilines is 1. The Morgan fingerprint density at radius 2 is 1.91 bits per heavy atom. The summed E-state index contributed by atoms with van der Waals surface area (Å²) in [6, 6.07) is 19.7. The average molecular weight is 425 g/mol. The van der Waals surface area contributed by atoms with Gasteiger partial charge in [-0.3, -0.25) is 9.59 Å². The molecule has 0 spiro atoms. The van der Waals surface area contributed by atoms with Crippen LogP contribution in [0.1, 0.15) is 34.3 Å². The molecule has 6 heteroatoms. The van der Waals surface area contributed by atoms with Crippen LogP contribution < -0.4 is 5.32 Å². The van der Waals surface area contributed by atoms with Gasteiger partial charge in [-0.2, -0.15) is 0 Å². The van der Waals surface area contributed by atoms with Crippen LogP contribution in [0, 0.1) is 0 Å². The van der Waals surface area contributed by atoms with Gasteiger partial charge >= 0.3 is 0 Å². The Balaban J connectivity index is 1.50. The second kappa shape index (κ2) is 7.96. The molecule has 2 heterocycles. The van der Waals surface area contributed by atoms with Gasteiger partial charge in [-0.25, -0.2) is 0 Å².